The Balaban J connectivity index is 1.36. The highest BCUT2D eigenvalue weighted by Gasteiger charge is 2.75. The number of carbonyl (C=O) groups excluding carboxylic acids is 2. The Morgan fingerprint density at radius 3 is 2.62 bits per heavy atom. The number of hydrogen-bond donors (Lipinski definition) is 3. The third-order valence-electron chi connectivity index (χ3n) is 10.0. The molecule has 3 saturated carbocycles. The summed E-state index contributed by atoms with van der Waals surface area (Å²) in [6, 6.07) is 5.54. The van der Waals surface area contributed by atoms with E-state index in [2.05, 4.69) is 5.32 Å². The first-order valence-corrected chi connectivity index (χ1v) is 13.1. The van der Waals surface area contributed by atoms with Crippen molar-refractivity contribution >= 4 is 11.7 Å². The van der Waals surface area contributed by atoms with E-state index >= 15 is 4.39 Å². The van der Waals surface area contributed by atoms with Crippen molar-refractivity contribution in [3.8, 4) is 5.75 Å². The van der Waals surface area contributed by atoms with Crippen molar-refractivity contribution < 1.29 is 33.3 Å². The number of benzene rings is 1. The topological polar surface area (TPSA) is 95.9 Å². The van der Waals surface area contributed by atoms with E-state index in [1.54, 1.807) is 26.8 Å². The van der Waals surface area contributed by atoms with E-state index in [4.69, 9.17) is 4.74 Å². The fraction of sp³-hybridized carbons (Fsp3) is 0.586. The SMILES string of the molecule is CC1CC2C3CCC4=CC(=O)C=CC4(C)C3(F)C(O)CC2(C)C1(O)C(=O)NCCOc1ccc(F)cc1. The average molecular weight is 516 g/mol. The molecule has 3 fully saturated rings. The van der Waals surface area contributed by atoms with E-state index in [0.717, 1.165) is 0 Å². The van der Waals surface area contributed by atoms with Gasteiger partial charge < -0.3 is 20.3 Å². The number of allylic oxidation sites excluding steroid dienone is 4. The van der Waals surface area contributed by atoms with Gasteiger partial charge in [0.2, 0.25) is 0 Å². The summed E-state index contributed by atoms with van der Waals surface area (Å²) in [7, 11) is 0. The van der Waals surface area contributed by atoms with Gasteiger partial charge in [0.1, 0.15) is 18.2 Å². The van der Waals surface area contributed by atoms with Gasteiger partial charge in [-0.1, -0.05) is 25.5 Å². The zero-order valence-corrected chi connectivity index (χ0v) is 21.5. The van der Waals surface area contributed by atoms with Crippen molar-refractivity contribution in [3.05, 3.63) is 53.9 Å². The number of aliphatic hydroxyl groups is 2. The molecule has 1 aromatic rings. The standard InChI is InChI=1S/C29H35F2NO5/c1-17-14-23-22-9-4-18-15-20(33)10-11-26(18,2)28(22,31)24(34)16-27(23,3)29(17,36)25(35)32-12-13-37-21-7-5-19(30)6-8-21/h5-8,10-11,15,17,22-24,34,36H,4,9,12-14,16H2,1-3H3,(H,32,35). The summed E-state index contributed by atoms with van der Waals surface area (Å²) in [5, 5.41) is 26.1. The summed E-state index contributed by atoms with van der Waals surface area (Å²) in [6.07, 6.45) is 4.39. The maximum absolute atomic E-state index is 17.2. The molecule has 4 aliphatic rings. The Labute approximate surface area is 215 Å². The minimum atomic E-state index is -2.01. The van der Waals surface area contributed by atoms with E-state index in [1.165, 1.54) is 36.4 Å². The first-order valence-electron chi connectivity index (χ1n) is 13.1. The van der Waals surface area contributed by atoms with Crippen LogP contribution in [0.25, 0.3) is 0 Å². The third-order valence-corrected chi connectivity index (χ3v) is 10.0. The molecule has 37 heavy (non-hydrogen) atoms. The molecule has 0 saturated heterocycles. The molecule has 8 heteroatoms. The van der Waals surface area contributed by atoms with Crippen molar-refractivity contribution in [3.63, 3.8) is 0 Å². The number of carbonyl (C=O) groups is 2. The molecule has 8 unspecified atom stereocenters. The van der Waals surface area contributed by atoms with Crippen LogP contribution in [-0.4, -0.2) is 52.4 Å². The largest absolute Gasteiger partial charge is 0.492 e. The Kier molecular flexibility index (Phi) is 6.15. The lowest BCUT2D eigenvalue weighted by molar-refractivity contribution is -0.219. The number of amides is 1. The van der Waals surface area contributed by atoms with Crippen LogP contribution in [0.4, 0.5) is 8.78 Å². The summed E-state index contributed by atoms with van der Waals surface area (Å²) in [5.74, 6) is -2.00. The molecule has 0 heterocycles. The zero-order chi connectivity index (χ0) is 26.8. The highest BCUT2D eigenvalue weighted by Crippen LogP contribution is 2.70. The predicted molar refractivity (Wildman–Crippen MR) is 133 cm³/mol. The fourth-order valence-electron chi connectivity index (χ4n) is 8.03. The summed E-state index contributed by atoms with van der Waals surface area (Å²) in [5.41, 5.74) is -5.27. The van der Waals surface area contributed by atoms with Crippen LogP contribution in [0.5, 0.6) is 5.75 Å². The van der Waals surface area contributed by atoms with Crippen molar-refractivity contribution in [1.82, 2.24) is 5.32 Å². The molecule has 1 aromatic carbocycles. The molecule has 4 aliphatic carbocycles. The van der Waals surface area contributed by atoms with E-state index in [1.807, 2.05) is 0 Å². The lowest BCUT2D eigenvalue weighted by Crippen LogP contribution is -2.70. The van der Waals surface area contributed by atoms with E-state index < -0.39 is 45.9 Å². The molecular formula is C29H35F2NO5. The lowest BCUT2D eigenvalue weighted by atomic mass is 9.44. The van der Waals surface area contributed by atoms with E-state index in [9.17, 15) is 24.2 Å². The predicted octanol–water partition coefficient (Wildman–Crippen LogP) is 3.67. The molecule has 0 spiro atoms. The second-order valence-electron chi connectivity index (χ2n) is 11.7. The summed E-state index contributed by atoms with van der Waals surface area (Å²) >= 11 is 0. The number of aliphatic hydroxyl groups excluding tert-OH is 1. The Morgan fingerprint density at radius 2 is 1.92 bits per heavy atom. The minimum absolute atomic E-state index is 0.0737. The number of ketones is 1. The van der Waals surface area contributed by atoms with Crippen LogP contribution < -0.4 is 10.1 Å². The van der Waals surface area contributed by atoms with Gasteiger partial charge in [0.05, 0.1) is 12.6 Å². The summed E-state index contributed by atoms with van der Waals surface area (Å²) < 4.78 is 35.8. The number of rotatable bonds is 5. The zero-order valence-electron chi connectivity index (χ0n) is 21.5. The number of halogens is 2. The highest BCUT2D eigenvalue weighted by molar-refractivity contribution is 6.01. The van der Waals surface area contributed by atoms with Crippen molar-refractivity contribution in [2.24, 2.45) is 28.6 Å². The molecule has 6 nitrogen and oxygen atoms in total. The van der Waals surface area contributed by atoms with Crippen LogP contribution in [0.1, 0.15) is 46.5 Å². The first-order chi connectivity index (χ1) is 17.4. The van der Waals surface area contributed by atoms with Gasteiger partial charge in [-0.25, -0.2) is 8.78 Å². The monoisotopic (exact) mass is 515 g/mol. The van der Waals surface area contributed by atoms with Crippen LogP contribution >= 0.6 is 0 Å². The lowest BCUT2D eigenvalue weighted by Gasteiger charge is -2.62. The summed E-state index contributed by atoms with van der Waals surface area (Å²) in [6.45, 7) is 5.60. The maximum atomic E-state index is 17.2. The van der Waals surface area contributed by atoms with Crippen LogP contribution in [0.2, 0.25) is 0 Å². The number of hydrogen-bond acceptors (Lipinski definition) is 5. The Morgan fingerprint density at radius 1 is 1.22 bits per heavy atom. The molecule has 0 aliphatic heterocycles. The normalized spacial score (nSPS) is 42.4. The van der Waals surface area contributed by atoms with Gasteiger partial charge in [0, 0.05) is 16.7 Å². The quantitative estimate of drug-likeness (QED) is 0.520. The van der Waals surface area contributed by atoms with Gasteiger partial charge in [0.25, 0.3) is 5.91 Å². The van der Waals surface area contributed by atoms with Crippen molar-refractivity contribution in [2.75, 3.05) is 13.2 Å². The second-order valence-corrected chi connectivity index (χ2v) is 11.7. The smallest absolute Gasteiger partial charge is 0.252 e. The number of ether oxygens (including phenoxy) is 1. The number of fused-ring (bicyclic) bond motifs is 5. The second kappa shape index (κ2) is 8.73. The fourth-order valence-corrected chi connectivity index (χ4v) is 8.03. The van der Waals surface area contributed by atoms with Crippen molar-refractivity contribution in [1.29, 1.82) is 0 Å². The molecule has 0 aromatic heterocycles. The summed E-state index contributed by atoms with van der Waals surface area (Å²) in [4.78, 5) is 25.5. The van der Waals surface area contributed by atoms with Gasteiger partial charge in [-0.15, -0.1) is 0 Å². The minimum Gasteiger partial charge on any atom is -0.492 e. The number of alkyl halides is 1. The third kappa shape index (κ3) is 3.55. The van der Waals surface area contributed by atoms with E-state index in [0.29, 0.717) is 30.6 Å². The molecule has 0 bridgehead atoms. The van der Waals surface area contributed by atoms with Gasteiger partial charge >= 0.3 is 0 Å². The van der Waals surface area contributed by atoms with Crippen LogP contribution in [0, 0.1) is 34.4 Å². The van der Waals surface area contributed by atoms with Gasteiger partial charge in [-0.3, -0.25) is 9.59 Å². The molecule has 200 valence electrons. The first kappa shape index (κ1) is 26.0. The van der Waals surface area contributed by atoms with Gasteiger partial charge in [-0.05, 0) is 80.9 Å². The van der Waals surface area contributed by atoms with Crippen molar-refractivity contribution in [2.45, 2.75) is 63.8 Å². The molecule has 0 radical (unpaired) electrons. The molecule has 5 rings (SSSR count). The van der Waals surface area contributed by atoms with Crippen LogP contribution in [0.3, 0.4) is 0 Å². The Bertz CT molecular complexity index is 1170. The van der Waals surface area contributed by atoms with E-state index in [-0.39, 0.29) is 37.1 Å². The highest BCUT2D eigenvalue weighted by atomic mass is 19.1. The average Bonchev–Trinajstić information content (AvgIpc) is 3.05. The van der Waals surface area contributed by atoms with Gasteiger partial charge in [0.15, 0.2) is 17.1 Å². The van der Waals surface area contributed by atoms with Crippen LogP contribution in [0.15, 0.2) is 48.1 Å². The van der Waals surface area contributed by atoms with Crippen LogP contribution in [-0.2, 0) is 9.59 Å². The number of nitrogens with one attached hydrogen (secondary N) is 1. The maximum Gasteiger partial charge on any atom is 0.252 e. The van der Waals surface area contributed by atoms with Gasteiger partial charge in [-0.2, -0.15) is 0 Å². The molecule has 8 atom stereocenters. The Hall–Kier alpha value is -2.58. The molecule has 1 amide bonds. The molecule has 3 N–H and O–H groups in total. The molecular weight excluding hydrogens is 480 g/mol.